The monoisotopic (exact) mass is 513 g/mol. The van der Waals surface area contributed by atoms with Gasteiger partial charge in [0.2, 0.25) is 0 Å². The molecule has 27 heavy (non-hydrogen) atoms. The summed E-state index contributed by atoms with van der Waals surface area (Å²) in [6, 6.07) is 8.21. The molecule has 2 N–H and O–H groups in total. The topological polar surface area (TPSA) is 70.6 Å². The molecule has 0 radical (unpaired) electrons. The van der Waals surface area contributed by atoms with E-state index in [1.165, 1.54) is 25.2 Å². The molecule has 0 bridgehead atoms. The average Bonchev–Trinajstić information content (AvgIpc) is 2.60. The molecule has 0 unspecified atom stereocenters. The predicted molar refractivity (Wildman–Crippen MR) is 108 cm³/mol. The largest absolute Gasteiger partial charge is 0.355 e. The number of aliphatic imine (C=N–C) groups is 1. The third kappa shape index (κ3) is 6.69. The Balaban J connectivity index is 0.00000364. The van der Waals surface area contributed by atoms with E-state index in [4.69, 9.17) is 0 Å². The Labute approximate surface area is 173 Å². The molecule has 0 atom stereocenters. The minimum Gasteiger partial charge on any atom is -0.355 e. The molecule has 0 aliphatic rings. The number of nitrogens with zero attached hydrogens (tertiary/aromatic N) is 1. The van der Waals surface area contributed by atoms with Gasteiger partial charge in [0.25, 0.3) is 0 Å². The van der Waals surface area contributed by atoms with Crippen LogP contribution < -0.4 is 10.6 Å². The van der Waals surface area contributed by atoms with Gasteiger partial charge in [-0.1, -0.05) is 12.1 Å². The second-order valence-corrected chi connectivity index (χ2v) is 7.42. The lowest BCUT2D eigenvalue weighted by atomic mass is 10.2. The summed E-state index contributed by atoms with van der Waals surface area (Å²) in [6.45, 7) is -0.0781. The Morgan fingerprint density at radius 3 is 2.41 bits per heavy atom. The predicted octanol–water partition coefficient (Wildman–Crippen LogP) is 2.86. The molecule has 0 amide bonds. The van der Waals surface area contributed by atoms with Crippen molar-refractivity contribution in [2.75, 3.05) is 19.3 Å². The van der Waals surface area contributed by atoms with Crippen molar-refractivity contribution < 1.29 is 21.6 Å². The van der Waals surface area contributed by atoms with Crippen molar-refractivity contribution in [3.8, 4) is 0 Å². The highest BCUT2D eigenvalue weighted by Gasteiger charge is 2.18. The lowest BCUT2D eigenvalue weighted by Crippen LogP contribution is -2.39. The van der Waals surface area contributed by atoms with Crippen LogP contribution in [0.15, 0.2) is 52.4 Å². The second-order valence-electron chi connectivity index (χ2n) is 5.34. The molecule has 0 fully saturated rings. The fraction of sp³-hybridized carbons (Fsp3) is 0.235. The molecule has 5 nitrogen and oxygen atoms in total. The normalized spacial score (nSPS) is 11.6. The number of hydrogen-bond donors (Lipinski definition) is 2. The number of halogens is 4. The summed E-state index contributed by atoms with van der Waals surface area (Å²) in [5.41, 5.74) is 0.104. The molecule has 0 saturated heterocycles. The molecule has 0 aromatic heterocycles. The van der Waals surface area contributed by atoms with Crippen molar-refractivity contribution in [1.82, 2.24) is 10.6 Å². The van der Waals surface area contributed by atoms with E-state index in [-0.39, 0.29) is 59.2 Å². The van der Waals surface area contributed by atoms with E-state index < -0.39 is 27.3 Å². The standard InChI is InChI=1S/C17H18F3N3O2S.HI/c1-21-17(23-11-12-10-13(18)6-7-14(12)19)22-8-9-26(24,25)16-5-3-2-4-15(16)20;/h2-7,10H,8-9,11H2,1H3,(H2,21,22,23);1H. The Bertz CT molecular complexity index is 908. The molecular weight excluding hydrogens is 494 g/mol. The number of rotatable bonds is 6. The molecule has 0 heterocycles. The molecule has 0 saturated carbocycles. The Morgan fingerprint density at radius 2 is 1.74 bits per heavy atom. The average molecular weight is 513 g/mol. The molecule has 10 heteroatoms. The van der Waals surface area contributed by atoms with Crippen LogP contribution in [-0.4, -0.2) is 33.7 Å². The maximum Gasteiger partial charge on any atom is 0.191 e. The molecule has 0 aliphatic carbocycles. The summed E-state index contributed by atoms with van der Waals surface area (Å²) in [4.78, 5) is 3.51. The van der Waals surface area contributed by atoms with Crippen molar-refractivity contribution in [3.63, 3.8) is 0 Å². The highest BCUT2D eigenvalue weighted by atomic mass is 127. The van der Waals surface area contributed by atoms with Crippen LogP contribution >= 0.6 is 24.0 Å². The number of nitrogens with one attached hydrogen (secondary N) is 2. The summed E-state index contributed by atoms with van der Waals surface area (Å²) in [5, 5.41) is 5.49. The summed E-state index contributed by atoms with van der Waals surface area (Å²) in [5.74, 6) is -2.10. The molecule has 2 rings (SSSR count). The van der Waals surface area contributed by atoms with Crippen LogP contribution in [0.5, 0.6) is 0 Å². The Hall–Kier alpha value is -1.82. The minimum absolute atomic E-state index is 0. The van der Waals surface area contributed by atoms with Crippen LogP contribution in [0.3, 0.4) is 0 Å². The van der Waals surface area contributed by atoms with Crippen LogP contribution in [0.1, 0.15) is 5.56 Å². The SMILES string of the molecule is CN=C(NCCS(=O)(=O)c1ccccc1F)NCc1cc(F)ccc1F.I. The number of sulfone groups is 1. The van der Waals surface area contributed by atoms with Crippen LogP contribution in [0.4, 0.5) is 13.2 Å². The van der Waals surface area contributed by atoms with E-state index in [2.05, 4.69) is 15.6 Å². The van der Waals surface area contributed by atoms with Gasteiger partial charge in [0, 0.05) is 25.7 Å². The summed E-state index contributed by atoms with van der Waals surface area (Å²) in [6.07, 6.45) is 0. The third-order valence-corrected chi connectivity index (χ3v) is 5.26. The van der Waals surface area contributed by atoms with E-state index >= 15 is 0 Å². The fourth-order valence-electron chi connectivity index (χ4n) is 2.19. The van der Waals surface area contributed by atoms with Gasteiger partial charge in [-0.3, -0.25) is 4.99 Å². The van der Waals surface area contributed by atoms with Gasteiger partial charge >= 0.3 is 0 Å². The lowest BCUT2D eigenvalue weighted by molar-refractivity contribution is 0.566. The molecule has 148 valence electrons. The van der Waals surface area contributed by atoms with E-state index in [9.17, 15) is 21.6 Å². The summed E-state index contributed by atoms with van der Waals surface area (Å²) < 4.78 is 64.6. The van der Waals surface area contributed by atoms with Gasteiger partial charge in [-0.15, -0.1) is 24.0 Å². The quantitative estimate of drug-likeness (QED) is 0.354. The first-order valence-electron chi connectivity index (χ1n) is 7.69. The van der Waals surface area contributed by atoms with Crippen LogP contribution in [0.2, 0.25) is 0 Å². The number of guanidine groups is 1. The van der Waals surface area contributed by atoms with E-state index in [0.717, 1.165) is 24.3 Å². The lowest BCUT2D eigenvalue weighted by Gasteiger charge is -2.13. The number of benzene rings is 2. The van der Waals surface area contributed by atoms with Crippen molar-refractivity contribution in [1.29, 1.82) is 0 Å². The first kappa shape index (κ1) is 23.2. The van der Waals surface area contributed by atoms with Crippen molar-refractivity contribution >= 4 is 39.8 Å². The van der Waals surface area contributed by atoms with Gasteiger partial charge in [-0.05, 0) is 30.3 Å². The first-order chi connectivity index (χ1) is 12.3. The van der Waals surface area contributed by atoms with E-state index in [0.29, 0.717) is 0 Å². The van der Waals surface area contributed by atoms with Crippen molar-refractivity contribution in [2.24, 2.45) is 4.99 Å². The van der Waals surface area contributed by atoms with Gasteiger partial charge in [-0.25, -0.2) is 21.6 Å². The molecule has 2 aromatic carbocycles. The maximum atomic E-state index is 13.6. The fourth-order valence-corrected chi connectivity index (χ4v) is 3.43. The summed E-state index contributed by atoms with van der Waals surface area (Å²) in [7, 11) is -2.36. The van der Waals surface area contributed by atoms with Gasteiger partial charge in [0.15, 0.2) is 15.8 Å². The van der Waals surface area contributed by atoms with E-state index in [1.54, 1.807) is 0 Å². The van der Waals surface area contributed by atoms with Gasteiger partial charge in [-0.2, -0.15) is 0 Å². The van der Waals surface area contributed by atoms with Gasteiger partial charge in [0.1, 0.15) is 22.3 Å². The van der Waals surface area contributed by atoms with Crippen LogP contribution in [-0.2, 0) is 16.4 Å². The maximum absolute atomic E-state index is 13.6. The van der Waals surface area contributed by atoms with Gasteiger partial charge in [0.05, 0.1) is 5.75 Å². The van der Waals surface area contributed by atoms with E-state index in [1.807, 2.05) is 0 Å². The van der Waals surface area contributed by atoms with Gasteiger partial charge < -0.3 is 10.6 Å². The minimum atomic E-state index is -3.80. The number of hydrogen-bond acceptors (Lipinski definition) is 3. The molecule has 2 aromatic rings. The highest BCUT2D eigenvalue weighted by Crippen LogP contribution is 2.14. The van der Waals surface area contributed by atoms with Crippen molar-refractivity contribution in [3.05, 3.63) is 65.5 Å². The zero-order valence-corrected chi connectivity index (χ0v) is 17.5. The van der Waals surface area contributed by atoms with Crippen LogP contribution in [0, 0.1) is 17.5 Å². The molecule has 0 aliphatic heterocycles. The zero-order chi connectivity index (χ0) is 19.2. The Morgan fingerprint density at radius 1 is 1.04 bits per heavy atom. The second kappa shape index (κ2) is 10.5. The molecule has 0 spiro atoms. The highest BCUT2D eigenvalue weighted by molar-refractivity contribution is 14.0. The van der Waals surface area contributed by atoms with Crippen molar-refractivity contribution in [2.45, 2.75) is 11.4 Å². The summed E-state index contributed by atoms with van der Waals surface area (Å²) >= 11 is 0. The zero-order valence-electron chi connectivity index (χ0n) is 14.4. The Kier molecular flexibility index (Phi) is 9.03. The smallest absolute Gasteiger partial charge is 0.191 e. The third-order valence-electron chi connectivity index (χ3n) is 3.51. The van der Waals surface area contributed by atoms with Crippen LogP contribution in [0.25, 0.3) is 0 Å². The first-order valence-corrected chi connectivity index (χ1v) is 9.34. The molecular formula is C17H19F3IN3O2S.